The Labute approximate surface area is 158 Å². The number of ether oxygens (including phenoxy) is 1. The summed E-state index contributed by atoms with van der Waals surface area (Å²) in [5.41, 5.74) is 9.78. The predicted molar refractivity (Wildman–Crippen MR) is 102 cm³/mol. The molecule has 4 nitrogen and oxygen atoms in total. The molecule has 26 heavy (non-hydrogen) atoms. The third kappa shape index (κ3) is 2.82. The lowest BCUT2D eigenvalue weighted by Crippen LogP contribution is -2.26. The SMILES string of the molecule is C=C/C(=C\C(=C)OC)C1(c2cc(C)nc([ClH+])c2)N=C(N)c2ccccc21. The Morgan fingerprint density at radius 2 is 2.04 bits per heavy atom. The van der Waals surface area contributed by atoms with E-state index in [1.807, 2.05) is 49.4 Å². The minimum atomic E-state index is -0.870. The third-order valence-electron chi connectivity index (χ3n) is 4.45. The van der Waals surface area contributed by atoms with E-state index in [2.05, 4.69) is 18.1 Å². The molecule has 2 N–H and O–H groups in total. The molecule has 5 heteroatoms. The topological polar surface area (TPSA) is 60.5 Å². The fourth-order valence-corrected chi connectivity index (χ4v) is 3.59. The second-order valence-corrected chi connectivity index (χ2v) is 6.48. The maximum atomic E-state index is 6.28. The van der Waals surface area contributed by atoms with Gasteiger partial charge in [0.1, 0.15) is 17.1 Å². The van der Waals surface area contributed by atoms with Crippen molar-refractivity contribution in [3.63, 3.8) is 0 Å². The Bertz CT molecular complexity index is 941. The van der Waals surface area contributed by atoms with E-state index in [-0.39, 0.29) is 0 Å². The number of amidine groups is 1. The van der Waals surface area contributed by atoms with Crippen LogP contribution in [0.4, 0.5) is 0 Å². The van der Waals surface area contributed by atoms with Crippen LogP contribution in [0, 0.1) is 18.5 Å². The lowest BCUT2D eigenvalue weighted by molar-refractivity contribution is -0.296. The molecule has 2 heterocycles. The number of aliphatic imine (C=N–C) groups is 1. The van der Waals surface area contributed by atoms with Crippen molar-refractivity contribution in [3.8, 4) is 0 Å². The van der Waals surface area contributed by atoms with Gasteiger partial charge < -0.3 is 10.5 Å². The largest absolute Gasteiger partial charge is 0.497 e. The first-order valence-corrected chi connectivity index (χ1v) is 8.52. The molecule has 0 spiro atoms. The highest BCUT2D eigenvalue weighted by Gasteiger charge is 2.44. The van der Waals surface area contributed by atoms with Crippen LogP contribution in [0.2, 0.25) is 5.15 Å². The average Bonchev–Trinajstić information content (AvgIpc) is 2.93. The molecule has 0 saturated carbocycles. The van der Waals surface area contributed by atoms with Gasteiger partial charge in [0.05, 0.1) is 7.11 Å². The molecule has 1 unspecified atom stereocenters. The van der Waals surface area contributed by atoms with Crippen LogP contribution in [-0.4, -0.2) is 17.9 Å². The summed E-state index contributed by atoms with van der Waals surface area (Å²) in [4.78, 5) is 9.20. The van der Waals surface area contributed by atoms with Crippen molar-refractivity contribution in [1.29, 1.82) is 0 Å². The highest BCUT2D eigenvalue weighted by Crippen LogP contribution is 2.47. The molecule has 0 amide bonds. The number of aromatic nitrogens is 1. The lowest BCUT2D eigenvalue weighted by atomic mass is 9.77. The molecule has 1 aliphatic rings. The van der Waals surface area contributed by atoms with Gasteiger partial charge in [-0.2, -0.15) is 4.98 Å². The number of nitrogens with zero attached hydrogens (tertiary/aromatic N) is 2. The van der Waals surface area contributed by atoms with Crippen molar-refractivity contribution in [2.24, 2.45) is 10.7 Å². The van der Waals surface area contributed by atoms with Gasteiger partial charge in [-0.3, -0.25) is 0 Å². The molecule has 3 rings (SSSR count). The normalized spacial score (nSPS) is 18.9. The molecule has 0 aliphatic carbocycles. The van der Waals surface area contributed by atoms with Crippen LogP contribution < -0.4 is 5.73 Å². The summed E-state index contributed by atoms with van der Waals surface area (Å²) < 4.78 is 5.25. The van der Waals surface area contributed by atoms with Crippen LogP contribution >= 0.6 is 0 Å². The lowest BCUT2D eigenvalue weighted by Gasteiger charge is -2.30. The van der Waals surface area contributed by atoms with Gasteiger partial charge in [-0.05, 0) is 35.8 Å². The van der Waals surface area contributed by atoms with E-state index in [9.17, 15) is 0 Å². The minimum absolute atomic E-state index is 0.469. The molecule has 1 aliphatic heterocycles. The minimum Gasteiger partial charge on any atom is -0.497 e. The second kappa shape index (κ2) is 6.81. The number of halogens is 1. The fraction of sp³-hybridized carbons (Fsp3) is 0.143. The first-order chi connectivity index (χ1) is 12.4. The predicted octanol–water partition coefficient (Wildman–Crippen LogP) is 3.32. The number of pyridine rings is 1. The molecule has 0 radical (unpaired) electrons. The zero-order valence-corrected chi connectivity index (χ0v) is 15.6. The van der Waals surface area contributed by atoms with Crippen LogP contribution in [0.3, 0.4) is 0 Å². The molecular weight excluding hydrogens is 346 g/mol. The Morgan fingerprint density at radius 3 is 2.69 bits per heavy atom. The van der Waals surface area contributed by atoms with Gasteiger partial charge in [0.25, 0.3) is 0 Å². The highest BCUT2D eigenvalue weighted by atomic mass is 35.5. The molecule has 132 valence electrons. The number of nitrogens with two attached hydrogens (primary N) is 1. The second-order valence-electron chi connectivity index (χ2n) is 6.06. The number of methoxy groups -OCH3 is 1. The van der Waals surface area contributed by atoms with Crippen molar-refractivity contribution in [1.82, 2.24) is 4.98 Å². The molecule has 0 saturated heterocycles. The van der Waals surface area contributed by atoms with E-state index >= 15 is 0 Å². The molecular formula is C21H21ClN3O+. The Balaban J connectivity index is 2.40. The van der Waals surface area contributed by atoms with Crippen LogP contribution in [0.5, 0.6) is 0 Å². The molecule has 0 fully saturated rings. The van der Waals surface area contributed by atoms with Crippen molar-refractivity contribution in [2.75, 3.05) is 7.11 Å². The number of hydrogen-bond acceptors (Lipinski definition) is 4. The third-order valence-corrected chi connectivity index (χ3v) is 4.65. The standard InChI is InChI=1S/C21H21ClN3O/c1-5-15(11-14(3)26-4)21(16-10-13(2)24-19(22)12-16)18-9-7-6-8-17(18)20(23)25-21/h5-12,22H,1,3H2,2,4H3,(H2,23,25)/q+1/b15-11+. The van der Waals surface area contributed by atoms with Crippen LogP contribution in [0.1, 0.15) is 22.4 Å². The first kappa shape index (κ1) is 18.0. The van der Waals surface area contributed by atoms with Crippen molar-refractivity contribution >= 4 is 5.84 Å². The van der Waals surface area contributed by atoms with E-state index < -0.39 is 5.54 Å². The van der Waals surface area contributed by atoms with Gasteiger partial charge in [0, 0.05) is 17.3 Å². The maximum Gasteiger partial charge on any atom is 0.318 e. The quantitative estimate of drug-likeness (QED) is 0.501. The van der Waals surface area contributed by atoms with Gasteiger partial charge >= 0.3 is 5.15 Å². The maximum absolute atomic E-state index is 6.28. The van der Waals surface area contributed by atoms with E-state index in [1.165, 1.54) is 0 Å². The number of benzene rings is 1. The summed E-state index contributed by atoms with van der Waals surface area (Å²) in [6.07, 6.45) is 3.58. The number of hydrogen-bond donors (Lipinski definition) is 1. The summed E-state index contributed by atoms with van der Waals surface area (Å²) >= 11 is 5.36. The number of aryl methyl sites for hydroxylation is 1. The van der Waals surface area contributed by atoms with Crippen LogP contribution in [0.25, 0.3) is 0 Å². The Morgan fingerprint density at radius 1 is 1.31 bits per heavy atom. The Kier molecular flexibility index (Phi) is 4.70. The highest BCUT2D eigenvalue weighted by molar-refractivity contribution is 6.03. The van der Waals surface area contributed by atoms with E-state index in [1.54, 1.807) is 13.2 Å². The van der Waals surface area contributed by atoms with Crippen molar-refractivity contribution < 1.29 is 16.3 Å². The summed E-state index contributed by atoms with van der Waals surface area (Å²) in [5, 5.41) is 0.506. The molecule has 0 bridgehead atoms. The summed E-state index contributed by atoms with van der Waals surface area (Å²) in [6, 6.07) is 11.7. The molecule has 2 aromatic rings. The van der Waals surface area contributed by atoms with Gasteiger partial charge in [-0.15, -0.1) is 0 Å². The van der Waals surface area contributed by atoms with Crippen molar-refractivity contribution in [3.05, 3.63) is 101 Å². The number of allylic oxidation sites excluding steroid dienone is 1. The van der Waals surface area contributed by atoms with E-state index in [0.717, 1.165) is 28.0 Å². The van der Waals surface area contributed by atoms with Crippen LogP contribution in [-0.2, 0) is 10.3 Å². The van der Waals surface area contributed by atoms with Gasteiger partial charge in [0.2, 0.25) is 0 Å². The zero-order valence-electron chi connectivity index (χ0n) is 14.8. The molecule has 1 aromatic heterocycles. The van der Waals surface area contributed by atoms with E-state index in [0.29, 0.717) is 16.7 Å². The summed E-state index contributed by atoms with van der Waals surface area (Å²) in [7, 11) is 1.57. The zero-order chi connectivity index (χ0) is 18.9. The summed E-state index contributed by atoms with van der Waals surface area (Å²) in [5.74, 6) is 0.971. The van der Waals surface area contributed by atoms with Crippen LogP contribution in [0.15, 0.2) is 78.0 Å². The fourth-order valence-electron chi connectivity index (χ4n) is 3.32. The first-order valence-electron chi connectivity index (χ1n) is 8.11. The number of rotatable bonds is 5. The summed E-state index contributed by atoms with van der Waals surface area (Å²) in [6.45, 7) is 9.81. The van der Waals surface area contributed by atoms with Gasteiger partial charge in [0.15, 0.2) is 11.6 Å². The average molecular weight is 367 g/mol. The smallest absolute Gasteiger partial charge is 0.318 e. The monoisotopic (exact) mass is 366 g/mol. The Hall–Kier alpha value is -2.85. The molecule has 1 aromatic carbocycles. The van der Waals surface area contributed by atoms with Gasteiger partial charge in [-0.1, -0.05) is 43.5 Å². The van der Waals surface area contributed by atoms with E-state index in [4.69, 9.17) is 27.1 Å². The number of fused-ring (bicyclic) bond motifs is 1. The molecule has 1 atom stereocenters. The van der Waals surface area contributed by atoms with Gasteiger partial charge in [-0.25, -0.2) is 4.99 Å². The van der Waals surface area contributed by atoms with Crippen molar-refractivity contribution in [2.45, 2.75) is 12.5 Å².